The quantitative estimate of drug-likeness (QED) is 0.821. The maximum Gasteiger partial charge on any atom is 0.243 e. The summed E-state index contributed by atoms with van der Waals surface area (Å²) >= 11 is 0. The minimum atomic E-state index is -3.38. The van der Waals surface area contributed by atoms with Crippen molar-refractivity contribution in [1.82, 2.24) is 14.5 Å². The zero-order chi connectivity index (χ0) is 18.8. The van der Waals surface area contributed by atoms with Crippen LogP contribution in [0.4, 0.5) is 0 Å². The second kappa shape index (κ2) is 9.23. The van der Waals surface area contributed by atoms with Crippen molar-refractivity contribution < 1.29 is 8.42 Å². The van der Waals surface area contributed by atoms with Crippen LogP contribution in [0.25, 0.3) is 0 Å². The molecule has 0 unspecified atom stereocenters. The molecule has 2 saturated heterocycles. The Balaban J connectivity index is 0.00000261. The fourth-order valence-corrected chi connectivity index (χ4v) is 5.28. The maximum absolute atomic E-state index is 12.9. The van der Waals surface area contributed by atoms with E-state index in [1.807, 2.05) is 12.1 Å². The Morgan fingerprint density at radius 1 is 1.00 bits per heavy atom. The third-order valence-electron chi connectivity index (χ3n) is 5.66. The van der Waals surface area contributed by atoms with Gasteiger partial charge in [0.25, 0.3) is 0 Å². The smallest absolute Gasteiger partial charge is 0.243 e. The van der Waals surface area contributed by atoms with Crippen LogP contribution in [0.1, 0.15) is 39.2 Å². The average molecular weight is 416 g/mol. The monoisotopic (exact) mass is 415 g/mol. The van der Waals surface area contributed by atoms with Crippen molar-refractivity contribution in [1.29, 1.82) is 0 Å². The number of sulfonamides is 1. The summed E-state index contributed by atoms with van der Waals surface area (Å²) in [5.41, 5.74) is 1.19. The lowest BCUT2D eigenvalue weighted by Crippen LogP contribution is -2.50. The van der Waals surface area contributed by atoms with Gasteiger partial charge >= 0.3 is 0 Å². The van der Waals surface area contributed by atoms with Gasteiger partial charge in [-0.25, -0.2) is 8.42 Å². The molecule has 5 nitrogen and oxygen atoms in total. The van der Waals surface area contributed by atoms with Gasteiger partial charge in [0.2, 0.25) is 10.0 Å². The van der Waals surface area contributed by atoms with Gasteiger partial charge in [-0.1, -0.05) is 32.9 Å². The summed E-state index contributed by atoms with van der Waals surface area (Å²) in [5.74, 6) is 0.754. The summed E-state index contributed by atoms with van der Waals surface area (Å²) in [7, 11) is -3.38. The average Bonchev–Trinajstić information content (AvgIpc) is 2.62. The molecule has 1 N–H and O–H groups in total. The summed E-state index contributed by atoms with van der Waals surface area (Å²) in [6, 6.07) is 7.41. The van der Waals surface area contributed by atoms with E-state index < -0.39 is 10.0 Å². The number of nitrogens with zero attached hydrogens (tertiary/aromatic N) is 2. The lowest BCUT2D eigenvalue weighted by atomic mass is 9.87. The van der Waals surface area contributed by atoms with E-state index in [9.17, 15) is 8.42 Å². The number of rotatable bonds is 4. The molecule has 2 aliphatic rings. The molecule has 1 aromatic rings. The first-order valence-electron chi connectivity index (χ1n) is 9.80. The number of benzene rings is 1. The van der Waals surface area contributed by atoms with Crippen LogP contribution < -0.4 is 5.32 Å². The number of hydrogen-bond acceptors (Lipinski definition) is 4. The van der Waals surface area contributed by atoms with Crippen molar-refractivity contribution in [3.8, 4) is 0 Å². The molecule has 27 heavy (non-hydrogen) atoms. The number of halogens is 1. The molecule has 0 atom stereocenters. The third kappa shape index (κ3) is 5.67. The van der Waals surface area contributed by atoms with Gasteiger partial charge in [-0.2, -0.15) is 4.31 Å². The molecular weight excluding hydrogens is 382 g/mol. The normalized spacial score (nSPS) is 21.0. The second-order valence-corrected chi connectivity index (χ2v) is 10.6. The van der Waals surface area contributed by atoms with Crippen LogP contribution in [0, 0.1) is 5.92 Å². The van der Waals surface area contributed by atoms with E-state index in [-0.39, 0.29) is 17.8 Å². The topological polar surface area (TPSA) is 52.7 Å². The predicted octanol–water partition coefficient (Wildman–Crippen LogP) is 2.71. The summed E-state index contributed by atoms with van der Waals surface area (Å²) in [4.78, 5) is 2.85. The van der Waals surface area contributed by atoms with Crippen LogP contribution in [0.2, 0.25) is 0 Å². The zero-order valence-corrected chi connectivity index (χ0v) is 18.4. The largest absolute Gasteiger partial charge is 0.317 e. The highest BCUT2D eigenvalue weighted by atomic mass is 35.5. The van der Waals surface area contributed by atoms with Crippen molar-refractivity contribution in [2.45, 2.75) is 43.9 Å². The highest BCUT2D eigenvalue weighted by Gasteiger charge is 2.29. The molecule has 154 valence electrons. The SMILES string of the molecule is CC(C)(C)c1ccc(S(=O)(=O)N2CCN(CC3CCNCC3)CC2)cc1.Cl. The Morgan fingerprint density at radius 2 is 1.56 bits per heavy atom. The highest BCUT2D eigenvalue weighted by Crippen LogP contribution is 2.25. The van der Waals surface area contributed by atoms with Crippen LogP contribution in [0.15, 0.2) is 29.2 Å². The van der Waals surface area contributed by atoms with E-state index in [0.717, 1.165) is 44.2 Å². The molecule has 3 rings (SSSR count). The molecular formula is C20H34ClN3O2S. The van der Waals surface area contributed by atoms with Crippen molar-refractivity contribution >= 4 is 22.4 Å². The standard InChI is InChI=1S/C20H33N3O2S.ClH/c1-20(2,3)18-4-6-19(7-5-18)26(24,25)23-14-12-22(13-15-23)16-17-8-10-21-11-9-17;/h4-7,17,21H,8-16H2,1-3H3;1H. The van der Waals surface area contributed by atoms with Crippen LogP contribution in [-0.4, -0.2) is 63.4 Å². The van der Waals surface area contributed by atoms with E-state index in [2.05, 4.69) is 31.0 Å². The van der Waals surface area contributed by atoms with Gasteiger partial charge in [0.05, 0.1) is 4.90 Å². The molecule has 0 spiro atoms. The fourth-order valence-electron chi connectivity index (χ4n) is 3.86. The number of piperazine rings is 1. The molecule has 0 aromatic heterocycles. The number of nitrogens with one attached hydrogen (secondary N) is 1. The van der Waals surface area contributed by atoms with Crippen LogP contribution in [-0.2, 0) is 15.4 Å². The summed E-state index contributed by atoms with van der Waals surface area (Å²) < 4.78 is 27.5. The van der Waals surface area contributed by atoms with Gasteiger partial charge in [0, 0.05) is 32.7 Å². The van der Waals surface area contributed by atoms with E-state index in [4.69, 9.17) is 0 Å². The van der Waals surface area contributed by atoms with E-state index in [1.165, 1.54) is 12.8 Å². The fraction of sp³-hybridized carbons (Fsp3) is 0.700. The molecule has 0 bridgehead atoms. The first kappa shape index (κ1) is 22.6. The molecule has 0 aliphatic carbocycles. The van der Waals surface area contributed by atoms with Crippen molar-refractivity contribution in [3.63, 3.8) is 0 Å². The van der Waals surface area contributed by atoms with Gasteiger partial charge in [-0.15, -0.1) is 12.4 Å². The van der Waals surface area contributed by atoms with Crippen LogP contribution >= 0.6 is 12.4 Å². The van der Waals surface area contributed by atoms with Crippen LogP contribution in [0.5, 0.6) is 0 Å². The lowest BCUT2D eigenvalue weighted by Gasteiger charge is -2.36. The number of piperidine rings is 1. The first-order chi connectivity index (χ1) is 12.3. The van der Waals surface area contributed by atoms with E-state index in [0.29, 0.717) is 18.0 Å². The van der Waals surface area contributed by atoms with Gasteiger partial charge in [-0.3, -0.25) is 0 Å². The minimum absolute atomic E-state index is 0. The van der Waals surface area contributed by atoms with Crippen molar-refractivity contribution in [2.24, 2.45) is 5.92 Å². The molecule has 1 aromatic carbocycles. The third-order valence-corrected chi connectivity index (χ3v) is 7.58. The van der Waals surface area contributed by atoms with E-state index in [1.54, 1.807) is 16.4 Å². The molecule has 7 heteroatoms. The molecule has 0 amide bonds. The Labute approximate surface area is 171 Å². The highest BCUT2D eigenvalue weighted by molar-refractivity contribution is 7.89. The minimum Gasteiger partial charge on any atom is -0.317 e. The molecule has 2 aliphatic heterocycles. The number of hydrogen-bond donors (Lipinski definition) is 1. The second-order valence-electron chi connectivity index (χ2n) is 8.67. The van der Waals surface area contributed by atoms with Gasteiger partial charge in [0.15, 0.2) is 0 Å². The molecule has 0 saturated carbocycles. The Morgan fingerprint density at radius 3 is 2.07 bits per heavy atom. The van der Waals surface area contributed by atoms with Crippen LogP contribution in [0.3, 0.4) is 0 Å². The lowest BCUT2D eigenvalue weighted by molar-refractivity contribution is 0.152. The Hall–Kier alpha value is -0.660. The maximum atomic E-state index is 12.9. The predicted molar refractivity (Wildman–Crippen MR) is 113 cm³/mol. The Kier molecular flexibility index (Phi) is 7.73. The van der Waals surface area contributed by atoms with Gasteiger partial charge < -0.3 is 10.2 Å². The first-order valence-corrected chi connectivity index (χ1v) is 11.2. The molecule has 0 radical (unpaired) electrons. The summed E-state index contributed by atoms with van der Waals surface area (Å²) in [5, 5.41) is 3.40. The zero-order valence-electron chi connectivity index (χ0n) is 16.8. The van der Waals surface area contributed by atoms with E-state index >= 15 is 0 Å². The molecule has 2 heterocycles. The van der Waals surface area contributed by atoms with Gasteiger partial charge in [-0.05, 0) is 55.0 Å². The Bertz CT molecular complexity index is 687. The summed E-state index contributed by atoms with van der Waals surface area (Å²) in [6.07, 6.45) is 2.47. The summed E-state index contributed by atoms with van der Waals surface area (Å²) in [6.45, 7) is 12.6. The molecule has 2 fully saturated rings. The van der Waals surface area contributed by atoms with Crippen molar-refractivity contribution in [3.05, 3.63) is 29.8 Å². The van der Waals surface area contributed by atoms with Crippen molar-refractivity contribution in [2.75, 3.05) is 45.8 Å². The van der Waals surface area contributed by atoms with Gasteiger partial charge in [0.1, 0.15) is 0 Å².